The van der Waals surface area contributed by atoms with Gasteiger partial charge in [0, 0.05) is 39.3 Å². The molecule has 1 aromatic carbocycles. The zero-order chi connectivity index (χ0) is 16.8. The SMILES string of the molecule is CN=C(NCCc1ccc(F)cc1)NCCN(CC1CC1)C1CC1. The van der Waals surface area contributed by atoms with E-state index in [0.29, 0.717) is 0 Å². The van der Waals surface area contributed by atoms with E-state index in [4.69, 9.17) is 0 Å². The average Bonchev–Trinajstić information content (AvgIpc) is 3.47. The molecule has 0 aliphatic heterocycles. The first kappa shape index (κ1) is 17.2. The maximum Gasteiger partial charge on any atom is 0.191 e. The van der Waals surface area contributed by atoms with Crippen molar-refractivity contribution in [2.75, 3.05) is 33.2 Å². The summed E-state index contributed by atoms with van der Waals surface area (Å²) in [5.74, 6) is 1.62. The van der Waals surface area contributed by atoms with E-state index in [1.165, 1.54) is 44.4 Å². The lowest BCUT2D eigenvalue weighted by atomic mass is 10.1. The second-order valence-electron chi connectivity index (χ2n) is 6.97. The number of halogens is 1. The predicted octanol–water partition coefficient (Wildman–Crippen LogP) is 2.41. The molecule has 0 unspecified atom stereocenters. The lowest BCUT2D eigenvalue weighted by molar-refractivity contribution is 0.256. The lowest BCUT2D eigenvalue weighted by Crippen LogP contribution is -2.43. The molecule has 5 heteroatoms. The van der Waals surface area contributed by atoms with E-state index in [-0.39, 0.29) is 5.82 Å². The monoisotopic (exact) mass is 332 g/mol. The van der Waals surface area contributed by atoms with Gasteiger partial charge in [0.15, 0.2) is 5.96 Å². The van der Waals surface area contributed by atoms with Crippen LogP contribution < -0.4 is 10.6 Å². The van der Waals surface area contributed by atoms with Crippen LogP contribution in [0.4, 0.5) is 4.39 Å². The number of hydrogen-bond donors (Lipinski definition) is 2. The van der Waals surface area contributed by atoms with E-state index in [9.17, 15) is 4.39 Å². The summed E-state index contributed by atoms with van der Waals surface area (Å²) in [5.41, 5.74) is 1.13. The highest BCUT2D eigenvalue weighted by atomic mass is 19.1. The molecule has 2 N–H and O–H groups in total. The molecule has 2 fully saturated rings. The van der Waals surface area contributed by atoms with Crippen LogP contribution in [0, 0.1) is 11.7 Å². The molecule has 2 saturated carbocycles. The van der Waals surface area contributed by atoms with Crippen LogP contribution in [0.2, 0.25) is 0 Å². The fraction of sp³-hybridized carbons (Fsp3) is 0.632. The van der Waals surface area contributed by atoms with Gasteiger partial charge in [-0.3, -0.25) is 9.89 Å². The van der Waals surface area contributed by atoms with Crippen molar-refractivity contribution in [2.45, 2.75) is 38.1 Å². The minimum atomic E-state index is -0.185. The van der Waals surface area contributed by atoms with Crippen LogP contribution in [-0.4, -0.2) is 50.1 Å². The second kappa shape index (κ2) is 8.47. The molecular weight excluding hydrogens is 303 g/mol. The summed E-state index contributed by atoms with van der Waals surface area (Å²) >= 11 is 0. The van der Waals surface area contributed by atoms with E-state index in [0.717, 1.165) is 49.5 Å². The van der Waals surface area contributed by atoms with Crippen molar-refractivity contribution in [2.24, 2.45) is 10.9 Å². The Hall–Kier alpha value is -1.62. The summed E-state index contributed by atoms with van der Waals surface area (Å²) in [6.45, 7) is 4.10. The number of aliphatic imine (C=N–C) groups is 1. The van der Waals surface area contributed by atoms with Crippen LogP contribution >= 0.6 is 0 Å². The minimum absolute atomic E-state index is 0.185. The zero-order valence-electron chi connectivity index (χ0n) is 14.6. The maximum absolute atomic E-state index is 12.9. The number of benzene rings is 1. The Morgan fingerprint density at radius 3 is 2.46 bits per heavy atom. The lowest BCUT2D eigenvalue weighted by Gasteiger charge is -2.22. The molecule has 0 heterocycles. The van der Waals surface area contributed by atoms with E-state index in [1.54, 1.807) is 7.05 Å². The molecule has 0 spiro atoms. The molecule has 1 aromatic rings. The van der Waals surface area contributed by atoms with Gasteiger partial charge in [-0.2, -0.15) is 0 Å². The Kier molecular flexibility index (Phi) is 6.07. The Labute approximate surface area is 144 Å². The van der Waals surface area contributed by atoms with Crippen LogP contribution in [0.15, 0.2) is 29.3 Å². The Balaban J connectivity index is 1.33. The molecule has 2 aliphatic rings. The first-order valence-electron chi connectivity index (χ1n) is 9.17. The number of guanidine groups is 1. The van der Waals surface area contributed by atoms with Gasteiger partial charge in [-0.15, -0.1) is 0 Å². The third-order valence-corrected chi connectivity index (χ3v) is 4.79. The summed E-state index contributed by atoms with van der Waals surface area (Å²) in [6.07, 6.45) is 6.44. The van der Waals surface area contributed by atoms with Crippen LogP contribution in [0.25, 0.3) is 0 Å². The van der Waals surface area contributed by atoms with Gasteiger partial charge >= 0.3 is 0 Å². The molecule has 132 valence electrons. The Bertz CT molecular complexity index is 535. The summed E-state index contributed by atoms with van der Waals surface area (Å²) in [7, 11) is 1.80. The summed E-state index contributed by atoms with van der Waals surface area (Å²) < 4.78 is 12.9. The molecule has 3 rings (SSSR count). The predicted molar refractivity (Wildman–Crippen MR) is 96.8 cm³/mol. The molecule has 0 aromatic heterocycles. The molecule has 4 nitrogen and oxygen atoms in total. The van der Waals surface area contributed by atoms with Crippen molar-refractivity contribution in [1.29, 1.82) is 0 Å². The highest BCUT2D eigenvalue weighted by Crippen LogP contribution is 2.34. The van der Waals surface area contributed by atoms with Crippen molar-refractivity contribution in [3.05, 3.63) is 35.6 Å². The number of hydrogen-bond acceptors (Lipinski definition) is 2. The molecule has 0 atom stereocenters. The van der Waals surface area contributed by atoms with Crippen molar-refractivity contribution >= 4 is 5.96 Å². The van der Waals surface area contributed by atoms with Gasteiger partial charge in [-0.25, -0.2) is 4.39 Å². The topological polar surface area (TPSA) is 39.7 Å². The van der Waals surface area contributed by atoms with Crippen molar-refractivity contribution < 1.29 is 4.39 Å². The maximum atomic E-state index is 12.9. The van der Waals surface area contributed by atoms with Gasteiger partial charge in [-0.05, 0) is 55.7 Å². The highest BCUT2D eigenvalue weighted by molar-refractivity contribution is 5.79. The first-order chi connectivity index (χ1) is 11.7. The number of nitrogens with zero attached hydrogens (tertiary/aromatic N) is 2. The largest absolute Gasteiger partial charge is 0.356 e. The van der Waals surface area contributed by atoms with Gasteiger partial charge in [0.25, 0.3) is 0 Å². The quantitative estimate of drug-likeness (QED) is 0.539. The normalized spacial score (nSPS) is 18.0. The molecule has 24 heavy (non-hydrogen) atoms. The third-order valence-electron chi connectivity index (χ3n) is 4.79. The van der Waals surface area contributed by atoms with E-state index in [1.807, 2.05) is 12.1 Å². The van der Waals surface area contributed by atoms with E-state index < -0.39 is 0 Å². The highest BCUT2D eigenvalue weighted by Gasteiger charge is 2.33. The number of nitrogens with one attached hydrogen (secondary N) is 2. The fourth-order valence-corrected chi connectivity index (χ4v) is 3.01. The van der Waals surface area contributed by atoms with Crippen LogP contribution in [0.1, 0.15) is 31.2 Å². The van der Waals surface area contributed by atoms with Crippen molar-refractivity contribution in [3.63, 3.8) is 0 Å². The average molecular weight is 332 g/mol. The third kappa shape index (κ3) is 5.78. The van der Waals surface area contributed by atoms with Crippen molar-refractivity contribution in [1.82, 2.24) is 15.5 Å². The zero-order valence-corrected chi connectivity index (χ0v) is 14.6. The molecular formula is C19H29FN4. The fourth-order valence-electron chi connectivity index (χ4n) is 3.01. The standard InChI is InChI=1S/C19H29FN4/c1-21-19(22-11-10-15-4-6-17(20)7-5-15)23-12-13-24(18-8-9-18)14-16-2-3-16/h4-7,16,18H,2-3,8-14H2,1H3,(H2,21,22,23). The van der Waals surface area contributed by atoms with E-state index in [2.05, 4.69) is 20.5 Å². The molecule has 0 bridgehead atoms. The Morgan fingerprint density at radius 1 is 1.12 bits per heavy atom. The van der Waals surface area contributed by atoms with Crippen LogP contribution in [-0.2, 0) is 6.42 Å². The summed E-state index contributed by atoms with van der Waals surface area (Å²) in [6, 6.07) is 7.52. The van der Waals surface area contributed by atoms with Gasteiger partial charge < -0.3 is 10.6 Å². The van der Waals surface area contributed by atoms with Gasteiger partial charge in [-0.1, -0.05) is 12.1 Å². The van der Waals surface area contributed by atoms with Crippen LogP contribution in [0.3, 0.4) is 0 Å². The molecule has 0 saturated heterocycles. The molecule has 0 radical (unpaired) electrons. The number of rotatable bonds is 9. The van der Waals surface area contributed by atoms with E-state index >= 15 is 0 Å². The molecule has 0 amide bonds. The van der Waals surface area contributed by atoms with Gasteiger partial charge in [0.1, 0.15) is 5.82 Å². The van der Waals surface area contributed by atoms with Crippen LogP contribution in [0.5, 0.6) is 0 Å². The van der Waals surface area contributed by atoms with Gasteiger partial charge in [0.05, 0.1) is 0 Å². The first-order valence-corrected chi connectivity index (χ1v) is 9.17. The smallest absolute Gasteiger partial charge is 0.191 e. The Morgan fingerprint density at radius 2 is 1.83 bits per heavy atom. The van der Waals surface area contributed by atoms with Crippen molar-refractivity contribution in [3.8, 4) is 0 Å². The second-order valence-corrected chi connectivity index (χ2v) is 6.97. The summed E-state index contributed by atoms with van der Waals surface area (Å²) in [4.78, 5) is 6.93. The minimum Gasteiger partial charge on any atom is -0.356 e. The summed E-state index contributed by atoms with van der Waals surface area (Å²) in [5, 5.41) is 6.74. The van der Waals surface area contributed by atoms with Gasteiger partial charge in [0.2, 0.25) is 0 Å². The molecule has 2 aliphatic carbocycles.